The molecule has 0 aliphatic rings. The fourth-order valence-corrected chi connectivity index (χ4v) is 1.81. The van der Waals surface area contributed by atoms with Crippen LogP contribution >= 0.6 is 11.6 Å². The largest absolute Gasteiger partial charge is 0.486 e. The molecule has 5 heteroatoms. The Morgan fingerprint density at radius 3 is 2.68 bits per heavy atom. The molecule has 19 heavy (non-hydrogen) atoms. The number of ether oxygens (including phenoxy) is 1. The van der Waals surface area contributed by atoms with E-state index in [4.69, 9.17) is 16.3 Å². The van der Waals surface area contributed by atoms with Gasteiger partial charge in [0.15, 0.2) is 5.78 Å². The first-order valence-electron chi connectivity index (χ1n) is 6.02. The Bertz CT molecular complexity index is 549. The molecule has 0 saturated heterocycles. The van der Waals surface area contributed by atoms with Gasteiger partial charge < -0.3 is 4.74 Å². The normalized spacial score (nSPS) is 10.4. The molecule has 0 radical (unpaired) electrons. The highest BCUT2D eigenvalue weighted by molar-refractivity contribution is 6.30. The van der Waals surface area contributed by atoms with Crippen molar-refractivity contribution in [2.24, 2.45) is 7.05 Å². The van der Waals surface area contributed by atoms with Gasteiger partial charge in [0.25, 0.3) is 0 Å². The summed E-state index contributed by atoms with van der Waals surface area (Å²) in [4.78, 5) is 11.7. The van der Waals surface area contributed by atoms with Crippen LogP contribution in [0.5, 0.6) is 5.75 Å². The summed E-state index contributed by atoms with van der Waals surface area (Å²) in [7, 11) is 1.87. The lowest BCUT2D eigenvalue weighted by molar-refractivity contribution is -0.121. The lowest BCUT2D eigenvalue weighted by atomic mass is 10.2. The first kappa shape index (κ1) is 13.6. The van der Waals surface area contributed by atoms with Gasteiger partial charge in [-0.05, 0) is 36.8 Å². The number of carbonyl (C=O) groups excluding carboxylic acids is 1. The van der Waals surface area contributed by atoms with Gasteiger partial charge in [-0.25, -0.2) is 0 Å². The summed E-state index contributed by atoms with van der Waals surface area (Å²) < 4.78 is 7.16. The number of hydrogen-bond acceptors (Lipinski definition) is 3. The van der Waals surface area contributed by atoms with Crippen molar-refractivity contribution in [3.63, 3.8) is 0 Å². The summed E-state index contributed by atoms with van der Waals surface area (Å²) in [5.74, 6) is 0.717. The lowest BCUT2D eigenvalue weighted by Gasteiger charge is -2.05. The second-order valence-electron chi connectivity index (χ2n) is 4.23. The molecule has 1 heterocycles. The van der Waals surface area contributed by atoms with E-state index in [1.165, 1.54) is 0 Å². The maximum atomic E-state index is 11.7. The van der Waals surface area contributed by atoms with Crippen LogP contribution in [0.25, 0.3) is 0 Å². The van der Waals surface area contributed by atoms with Crippen LogP contribution in [0.1, 0.15) is 12.1 Å². The van der Waals surface area contributed by atoms with Crippen molar-refractivity contribution in [1.82, 2.24) is 9.78 Å². The number of benzene rings is 1. The van der Waals surface area contributed by atoms with Crippen LogP contribution in [0.2, 0.25) is 5.02 Å². The van der Waals surface area contributed by atoms with Gasteiger partial charge in [0.2, 0.25) is 0 Å². The molecule has 1 aromatic carbocycles. The van der Waals surface area contributed by atoms with E-state index in [9.17, 15) is 4.79 Å². The zero-order valence-electron chi connectivity index (χ0n) is 10.7. The van der Waals surface area contributed by atoms with Crippen molar-refractivity contribution in [2.75, 3.05) is 6.61 Å². The Balaban J connectivity index is 1.76. The summed E-state index contributed by atoms with van der Waals surface area (Å²) in [5.41, 5.74) is 1.04. The van der Waals surface area contributed by atoms with Crippen LogP contribution in [0, 0.1) is 0 Å². The SMILES string of the molecule is Cn1nccc1CCC(=O)COc1ccc(Cl)cc1. The van der Waals surface area contributed by atoms with E-state index in [1.54, 1.807) is 35.1 Å². The minimum absolute atomic E-state index is 0.0659. The van der Waals surface area contributed by atoms with Crippen molar-refractivity contribution in [1.29, 1.82) is 0 Å². The summed E-state index contributed by atoms with van der Waals surface area (Å²) >= 11 is 5.77. The molecule has 0 aliphatic carbocycles. The Kier molecular flexibility index (Phi) is 4.58. The molecular weight excluding hydrogens is 264 g/mol. The monoisotopic (exact) mass is 278 g/mol. The van der Waals surface area contributed by atoms with Crippen molar-refractivity contribution >= 4 is 17.4 Å². The molecule has 4 nitrogen and oxygen atoms in total. The molecule has 0 aliphatic heterocycles. The van der Waals surface area contributed by atoms with Crippen LogP contribution in [-0.4, -0.2) is 22.2 Å². The van der Waals surface area contributed by atoms with E-state index in [2.05, 4.69) is 5.10 Å². The Morgan fingerprint density at radius 2 is 2.05 bits per heavy atom. The van der Waals surface area contributed by atoms with Crippen LogP contribution in [0.4, 0.5) is 0 Å². The van der Waals surface area contributed by atoms with Crippen LogP contribution in [0.15, 0.2) is 36.5 Å². The van der Waals surface area contributed by atoms with Crippen LogP contribution < -0.4 is 4.74 Å². The van der Waals surface area contributed by atoms with Gasteiger partial charge >= 0.3 is 0 Å². The van der Waals surface area contributed by atoms with Crippen LogP contribution in [0.3, 0.4) is 0 Å². The third-order valence-corrected chi connectivity index (χ3v) is 3.05. The number of halogens is 1. The standard InChI is InChI=1S/C14H15ClN2O2/c1-17-12(8-9-16-17)4-5-13(18)10-19-14-6-2-11(15)3-7-14/h2-3,6-9H,4-5,10H2,1H3. The van der Waals surface area contributed by atoms with Crippen LogP contribution in [-0.2, 0) is 18.3 Å². The second kappa shape index (κ2) is 6.38. The van der Waals surface area contributed by atoms with Gasteiger partial charge in [0.1, 0.15) is 12.4 Å². The number of nitrogens with zero attached hydrogens (tertiary/aromatic N) is 2. The zero-order chi connectivity index (χ0) is 13.7. The summed E-state index contributed by atoms with van der Waals surface area (Å²) in [5, 5.41) is 4.71. The molecule has 0 N–H and O–H groups in total. The summed E-state index contributed by atoms with van der Waals surface area (Å²) in [6.45, 7) is 0.0828. The van der Waals surface area contributed by atoms with E-state index >= 15 is 0 Å². The van der Waals surface area contributed by atoms with Gasteiger partial charge in [0, 0.05) is 30.4 Å². The molecule has 2 rings (SSSR count). The van der Waals surface area contributed by atoms with Crippen molar-refractivity contribution in [3.05, 3.63) is 47.2 Å². The fraction of sp³-hybridized carbons (Fsp3) is 0.286. The average Bonchev–Trinajstić information content (AvgIpc) is 2.81. The molecular formula is C14H15ClN2O2. The minimum atomic E-state index is 0.0659. The van der Waals surface area contributed by atoms with Crippen molar-refractivity contribution in [2.45, 2.75) is 12.8 Å². The molecule has 1 aromatic heterocycles. The molecule has 0 unspecified atom stereocenters. The highest BCUT2D eigenvalue weighted by Crippen LogP contribution is 2.15. The smallest absolute Gasteiger partial charge is 0.170 e. The lowest BCUT2D eigenvalue weighted by Crippen LogP contribution is -2.12. The number of aryl methyl sites for hydroxylation is 2. The molecule has 0 amide bonds. The first-order chi connectivity index (χ1) is 9.15. The third-order valence-electron chi connectivity index (χ3n) is 2.80. The minimum Gasteiger partial charge on any atom is -0.486 e. The topological polar surface area (TPSA) is 44.1 Å². The highest BCUT2D eigenvalue weighted by atomic mass is 35.5. The zero-order valence-corrected chi connectivity index (χ0v) is 11.4. The molecule has 0 bridgehead atoms. The van der Waals surface area contributed by atoms with Gasteiger partial charge in [-0.3, -0.25) is 9.48 Å². The Morgan fingerprint density at radius 1 is 1.32 bits per heavy atom. The molecule has 0 saturated carbocycles. The Hall–Kier alpha value is -1.81. The van der Waals surface area contributed by atoms with E-state index in [0.717, 1.165) is 5.69 Å². The molecule has 100 valence electrons. The number of hydrogen-bond donors (Lipinski definition) is 0. The first-order valence-corrected chi connectivity index (χ1v) is 6.40. The van der Waals surface area contributed by atoms with E-state index in [0.29, 0.717) is 23.6 Å². The summed E-state index contributed by atoms with van der Waals surface area (Å²) in [6, 6.07) is 8.87. The third kappa shape index (κ3) is 4.10. The number of Topliss-reactive ketones (excluding diaryl/α,β-unsaturated/α-hetero) is 1. The Labute approximate surface area is 116 Å². The van der Waals surface area contributed by atoms with E-state index in [-0.39, 0.29) is 12.4 Å². The quantitative estimate of drug-likeness (QED) is 0.816. The number of carbonyl (C=O) groups is 1. The molecule has 0 fully saturated rings. The molecule has 0 spiro atoms. The fourth-order valence-electron chi connectivity index (χ4n) is 1.68. The predicted molar refractivity (Wildman–Crippen MR) is 73.5 cm³/mol. The second-order valence-corrected chi connectivity index (χ2v) is 4.66. The maximum absolute atomic E-state index is 11.7. The van der Waals surface area contributed by atoms with Crippen molar-refractivity contribution in [3.8, 4) is 5.75 Å². The average molecular weight is 279 g/mol. The number of ketones is 1. The van der Waals surface area contributed by atoms with Gasteiger partial charge in [-0.2, -0.15) is 5.10 Å². The van der Waals surface area contributed by atoms with E-state index in [1.807, 2.05) is 13.1 Å². The summed E-state index contributed by atoms with van der Waals surface area (Å²) in [6.07, 6.45) is 2.86. The van der Waals surface area contributed by atoms with Gasteiger partial charge in [-0.15, -0.1) is 0 Å². The van der Waals surface area contributed by atoms with Crippen molar-refractivity contribution < 1.29 is 9.53 Å². The molecule has 2 aromatic rings. The highest BCUT2D eigenvalue weighted by Gasteiger charge is 2.06. The number of aromatic nitrogens is 2. The van der Waals surface area contributed by atoms with Gasteiger partial charge in [0.05, 0.1) is 0 Å². The predicted octanol–water partition coefficient (Wildman–Crippen LogP) is 2.65. The maximum Gasteiger partial charge on any atom is 0.170 e. The number of rotatable bonds is 6. The van der Waals surface area contributed by atoms with Gasteiger partial charge in [-0.1, -0.05) is 11.6 Å². The van der Waals surface area contributed by atoms with E-state index < -0.39 is 0 Å². The molecule has 0 atom stereocenters.